The van der Waals surface area contributed by atoms with E-state index < -0.39 is 0 Å². The van der Waals surface area contributed by atoms with Crippen LogP contribution in [0.1, 0.15) is 23.5 Å². The lowest BCUT2D eigenvalue weighted by Gasteiger charge is -2.30. The lowest BCUT2D eigenvalue weighted by molar-refractivity contribution is 0.190. The summed E-state index contributed by atoms with van der Waals surface area (Å²) in [4.78, 5) is 11.3. The van der Waals surface area contributed by atoms with E-state index in [1.807, 2.05) is 36.4 Å². The highest BCUT2D eigenvalue weighted by atomic mass is 16.5. The molecule has 0 radical (unpaired) electrons. The van der Waals surface area contributed by atoms with E-state index in [9.17, 15) is 0 Å². The largest absolute Gasteiger partial charge is 0.335 e. The smallest absolute Gasteiger partial charge is 0.250 e. The Morgan fingerprint density at radius 1 is 1.17 bits per heavy atom. The molecule has 0 spiro atoms. The Balaban J connectivity index is 1.53. The van der Waals surface area contributed by atoms with Crippen molar-refractivity contribution >= 4 is 23.1 Å². The summed E-state index contributed by atoms with van der Waals surface area (Å²) in [6, 6.07) is 12.2. The Hall–Kier alpha value is -2.57. The number of fused-ring (bicyclic) bond motifs is 1. The molecular formula is C18H19N5O. The molecule has 6 heteroatoms. The van der Waals surface area contributed by atoms with Gasteiger partial charge in [0.05, 0.1) is 17.3 Å². The number of rotatable bonds is 3. The summed E-state index contributed by atoms with van der Waals surface area (Å²) < 4.78 is 5.35. The number of nitrogens with one attached hydrogen (secondary N) is 1. The van der Waals surface area contributed by atoms with Crippen molar-refractivity contribution < 1.29 is 4.52 Å². The lowest BCUT2D eigenvalue weighted by Crippen LogP contribution is -2.44. The van der Waals surface area contributed by atoms with E-state index in [1.54, 1.807) is 0 Å². The Morgan fingerprint density at radius 2 is 2.08 bits per heavy atom. The van der Waals surface area contributed by atoms with Crippen LogP contribution < -0.4 is 5.32 Å². The SMILES string of the molecule is CN1CCNCC1c1noc(/C=C/c2ccc3ccccc3n2)n1. The highest BCUT2D eigenvalue weighted by Crippen LogP contribution is 2.18. The Labute approximate surface area is 140 Å². The molecule has 1 aliphatic rings. The quantitative estimate of drug-likeness (QED) is 0.799. The highest BCUT2D eigenvalue weighted by molar-refractivity contribution is 5.80. The number of nitrogens with zero attached hydrogens (tertiary/aromatic N) is 4. The summed E-state index contributed by atoms with van der Waals surface area (Å²) in [5.74, 6) is 1.22. The van der Waals surface area contributed by atoms with Gasteiger partial charge in [-0.25, -0.2) is 4.98 Å². The first-order valence-electron chi connectivity index (χ1n) is 8.08. The van der Waals surface area contributed by atoms with Crippen molar-refractivity contribution in [3.63, 3.8) is 0 Å². The van der Waals surface area contributed by atoms with E-state index in [1.165, 1.54) is 0 Å². The Kier molecular flexibility index (Phi) is 4.06. The minimum atomic E-state index is 0.156. The predicted octanol–water partition coefficient (Wildman–Crippen LogP) is 2.36. The molecule has 0 aliphatic carbocycles. The molecule has 6 nitrogen and oxygen atoms in total. The van der Waals surface area contributed by atoms with Gasteiger partial charge in [0, 0.05) is 31.1 Å². The maximum absolute atomic E-state index is 5.35. The van der Waals surface area contributed by atoms with Gasteiger partial charge in [-0.05, 0) is 25.3 Å². The van der Waals surface area contributed by atoms with Gasteiger partial charge in [0.1, 0.15) is 0 Å². The second-order valence-corrected chi connectivity index (χ2v) is 5.95. The van der Waals surface area contributed by atoms with Gasteiger partial charge < -0.3 is 9.84 Å². The van der Waals surface area contributed by atoms with Crippen LogP contribution in [0.5, 0.6) is 0 Å². The van der Waals surface area contributed by atoms with Crippen LogP contribution in [0.3, 0.4) is 0 Å². The molecule has 0 saturated carbocycles. The molecule has 2 aromatic heterocycles. The molecule has 122 valence electrons. The summed E-state index contributed by atoms with van der Waals surface area (Å²) in [6.07, 6.45) is 3.70. The minimum absolute atomic E-state index is 0.156. The van der Waals surface area contributed by atoms with Crippen molar-refractivity contribution in [2.45, 2.75) is 6.04 Å². The first-order valence-corrected chi connectivity index (χ1v) is 8.08. The van der Waals surface area contributed by atoms with E-state index in [-0.39, 0.29) is 6.04 Å². The zero-order valence-electron chi connectivity index (χ0n) is 13.5. The number of piperazine rings is 1. The number of hydrogen-bond donors (Lipinski definition) is 1. The van der Waals surface area contributed by atoms with Crippen LogP contribution >= 0.6 is 0 Å². The van der Waals surface area contributed by atoms with E-state index in [4.69, 9.17) is 4.52 Å². The van der Waals surface area contributed by atoms with Gasteiger partial charge in [-0.2, -0.15) is 4.98 Å². The van der Waals surface area contributed by atoms with Crippen molar-refractivity contribution in [2.24, 2.45) is 0 Å². The lowest BCUT2D eigenvalue weighted by atomic mass is 10.2. The second kappa shape index (κ2) is 6.51. The first kappa shape index (κ1) is 15.0. The highest BCUT2D eigenvalue weighted by Gasteiger charge is 2.24. The molecule has 24 heavy (non-hydrogen) atoms. The van der Waals surface area contributed by atoms with E-state index in [2.05, 4.69) is 44.5 Å². The number of para-hydroxylation sites is 1. The third kappa shape index (κ3) is 3.06. The second-order valence-electron chi connectivity index (χ2n) is 5.95. The normalized spacial score (nSPS) is 19.3. The fraction of sp³-hybridized carbons (Fsp3) is 0.278. The van der Waals surface area contributed by atoms with Gasteiger partial charge >= 0.3 is 0 Å². The van der Waals surface area contributed by atoms with Gasteiger partial charge in [-0.1, -0.05) is 29.4 Å². The fourth-order valence-electron chi connectivity index (χ4n) is 2.88. The average molecular weight is 321 g/mol. The van der Waals surface area contributed by atoms with Gasteiger partial charge in [0.2, 0.25) is 0 Å². The predicted molar refractivity (Wildman–Crippen MR) is 93.2 cm³/mol. The monoisotopic (exact) mass is 321 g/mol. The summed E-state index contributed by atoms with van der Waals surface area (Å²) in [5.41, 5.74) is 1.84. The maximum Gasteiger partial charge on any atom is 0.250 e. The average Bonchev–Trinajstić information content (AvgIpc) is 3.09. The molecule has 1 saturated heterocycles. The van der Waals surface area contributed by atoms with Crippen molar-refractivity contribution in [3.8, 4) is 0 Å². The van der Waals surface area contributed by atoms with Crippen molar-refractivity contribution in [3.05, 3.63) is 53.8 Å². The number of likely N-dealkylation sites (N-methyl/N-ethyl adjacent to an activating group) is 1. The van der Waals surface area contributed by atoms with Crippen LogP contribution in [0, 0.1) is 0 Å². The standard InChI is InChI=1S/C18H19N5O/c1-23-11-10-19-12-16(23)18-21-17(24-22-18)9-8-14-7-6-13-4-2-3-5-15(13)20-14/h2-9,16,19H,10-12H2,1H3/b9-8+. The van der Waals surface area contributed by atoms with E-state index in [0.29, 0.717) is 5.89 Å². The van der Waals surface area contributed by atoms with Gasteiger partial charge in [-0.15, -0.1) is 0 Å². The third-order valence-electron chi connectivity index (χ3n) is 4.28. The molecule has 1 aliphatic heterocycles. The number of aromatic nitrogens is 3. The molecule has 1 aromatic carbocycles. The van der Waals surface area contributed by atoms with Crippen LogP contribution in [0.2, 0.25) is 0 Å². The molecule has 1 unspecified atom stereocenters. The van der Waals surface area contributed by atoms with Crippen LogP contribution in [0.25, 0.3) is 23.1 Å². The van der Waals surface area contributed by atoms with Crippen molar-refractivity contribution in [1.29, 1.82) is 0 Å². The topological polar surface area (TPSA) is 67.1 Å². The molecule has 3 aromatic rings. The molecule has 3 heterocycles. The first-order chi connectivity index (χ1) is 11.8. The summed E-state index contributed by atoms with van der Waals surface area (Å²) >= 11 is 0. The van der Waals surface area contributed by atoms with Crippen LogP contribution in [-0.2, 0) is 0 Å². The molecule has 0 amide bonds. The van der Waals surface area contributed by atoms with Gasteiger partial charge in [-0.3, -0.25) is 4.90 Å². The van der Waals surface area contributed by atoms with Crippen LogP contribution in [0.15, 0.2) is 40.9 Å². The summed E-state index contributed by atoms with van der Waals surface area (Å²) in [6.45, 7) is 2.81. The fourth-order valence-corrected chi connectivity index (χ4v) is 2.88. The molecule has 1 atom stereocenters. The zero-order chi connectivity index (χ0) is 16.4. The molecular weight excluding hydrogens is 302 g/mol. The Bertz CT molecular complexity index is 872. The van der Waals surface area contributed by atoms with Gasteiger partial charge in [0.15, 0.2) is 5.82 Å². The molecule has 0 bridgehead atoms. The zero-order valence-corrected chi connectivity index (χ0v) is 13.5. The maximum atomic E-state index is 5.35. The Morgan fingerprint density at radius 3 is 3.00 bits per heavy atom. The molecule has 1 N–H and O–H groups in total. The van der Waals surface area contributed by atoms with Crippen molar-refractivity contribution in [2.75, 3.05) is 26.7 Å². The summed E-state index contributed by atoms with van der Waals surface area (Å²) in [7, 11) is 2.08. The molecule has 4 rings (SSSR count). The summed E-state index contributed by atoms with van der Waals surface area (Å²) in [5, 5.41) is 8.60. The van der Waals surface area contributed by atoms with E-state index >= 15 is 0 Å². The van der Waals surface area contributed by atoms with Gasteiger partial charge in [0.25, 0.3) is 5.89 Å². The van der Waals surface area contributed by atoms with Crippen molar-refractivity contribution in [1.82, 2.24) is 25.3 Å². The third-order valence-corrected chi connectivity index (χ3v) is 4.28. The number of pyridine rings is 1. The van der Waals surface area contributed by atoms with Crippen LogP contribution in [0.4, 0.5) is 0 Å². The van der Waals surface area contributed by atoms with E-state index in [0.717, 1.165) is 42.1 Å². The van der Waals surface area contributed by atoms with Crippen LogP contribution in [-0.4, -0.2) is 46.7 Å². The molecule has 1 fully saturated rings. The number of benzene rings is 1. The minimum Gasteiger partial charge on any atom is -0.335 e. The number of hydrogen-bond acceptors (Lipinski definition) is 6.